The quantitative estimate of drug-likeness (QED) is 0.688. The van der Waals surface area contributed by atoms with Crippen molar-refractivity contribution in [3.63, 3.8) is 0 Å². The molecular formula is C17H21BrN2O4. The van der Waals surface area contributed by atoms with Crippen molar-refractivity contribution in [2.75, 3.05) is 0 Å². The van der Waals surface area contributed by atoms with Gasteiger partial charge in [0.15, 0.2) is 0 Å². The summed E-state index contributed by atoms with van der Waals surface area (Å²) in [6.07, 6.45) is 2.45. The number of carbonyl (C=O) groups is 3. The first-order chi connectivity index (χ1) is 11.3. The van der Waals surface area contributed by atoms with Crippen LogP contribution in [0.15, 0.2) is 28.7 Å². The molecule has 130 valence electrons. The first-order valence-corrected chi connectivity index (χ1v) is 8.69. The van der Waals surface area contributed by atoms with Crippen LogP contribution in [-0.2, 0) is 14.4 Å². The van der Waals surface area contributed by atoms with E-state index in [1.807, 2.05) is 24.3 Å². The van der Waals surface area contributed by atoms with E-state index in [-0.39, 0.29) is 18.2 Å². The highest BCUT2D eigenvalue weighted by atomic mass is 79.9. The van der Waals surface area contributed by atoms with Gasteiger partial charge < -0.3 is 15.7 Å². The molecule has 1 unspecified atom stereocenters. The molecule has 1 fully saturated rings. The standard InChI is InChI=1S/C17H21BrN2O4/c1-11(21)19-14(12-4-6-13(18)7-5-12)10-15(22)20-17(16(23)24)8-2-3-9-17/h4-7,14H,2-3,8-10H2,1H3,(H,19,21)(H,20,22)(H,23,24). The van der Waals surface area contributed by atoms with E-state index in [4.69, 9.17) is 0 Å². The zero-order valence-electron chi connectivity index (χ0n) is 13.5. The maximum Gasteiger partial charge on any atom is 0.329 e. The van der Waals surface area contributed by atoms with Gasteiger partial charge in [0.1, 0.15) is 5.54 Å². The minimum Gasteiger partial charge on any atom is -0.480 e. The number of hydrogen-bond acceptors (Lipinski definition) is 3. The van der Waals surface area contributed by atoms with E-state index in [9.17, 15) is 19.5 Å². The summed E-state index contributed by atoms with van der Waals surface area (Å²) in [6.45, 7) is 1.39. The third-order valence-corrected chi connectivity index (χ3v) is 4.81. The van der Waals surface area contributed by atoms with Crippen LogP contribution in [0.3, 0.4) is 0 Å². The summed E-state index contributed by atoms with van der Waals surface area (Å²) in [5, 5.41) is 14.9. The average Bonchev–Trinajstić information content (AvgIpc) is 2.96. The molecule has 2 amide bonds. The molecule has 2 rings (SSSR count). The summed E-state index contributed by atoms with van der Waals surface area (Å²) < 4.78 is 0.896. The topological polar surface area (TPSA) is 95.5 Å². The van der Waals surface area contributed by atoms with Gasteiger partial charge in [0.05, 0.1) is 12.5 Å². The number of hydrogen-bond donors (Lipinski definition) is 3. The highest BCUT2D eigenvalue weighted by Gasteiger charge is 2.42. The van der Waals surface area contributed by atoms with Crippen molar-refractivity contribution < 1.29 is 19.5 Å². The Balaban J connectivity index is 2.10. The van der Waals surface area contributed by atoms with Crippen molar-refractivity contribution in [3.05, 3.63) is 34.3 Å². The van der Waals surface area contributed by atoms with Crippen LogP contribution >= 0.6 is 15.9 Å². The number of carboxylic acid groups (broad SMARTS) is 1. The SMILES string of the molecule is CC(=O)NC(CC(=O)NC1(C(=O)O)CCCC1)c1ccc(Br)cc1. The fraction of sp³-hybridized carbons (Fsp3) is 0.471. The van der Waals surface area contributed by atoms with Gasteiger partial charge in [0, 0.05) is 11.4 Å². The molecule has 0 saturated heterocycles. The second-order valence-electron chi connectivity index (χ2n) is 6.15. The van der Waals surface area contributed by atoms with Gasteiger partial charge in [-0.3, -0.25) is 9.59 Å². The van der Waals surface area contributed by atoms with E-state index in [0.717, 1.165) is 22.9 Å². The molecule has 3 N–H and O–H groups in total. The largest absolute Gasteiger partial charge is 0.480 e. The highest BCUT2D eigenvalue weighted by molar-refractivity contribution is 9.10. The van der Waals surface area contributed by atoms with Gasteiger partial charge in [0.25, 0.3) is 0 Å². The van der Waals surface area contributed by atoms with Crippen LogP contribution in [0.25, 0.3) is 0 Å². The second-order valence-corrected chi connectivity index (χ2v) is 7.07. The maximum absolute atomic E-state index is 12.4. The third kappa shape index (κ3) is 4.56. The van der Waals surface area contributed by atoms with Gasteiger partial charge >= 0.3 is 5.97 Å². The molecule has 0 spiro atoms. The lowest BCUT2D eigenvalue weighted by Crippen LogP contribution is -2.53. The maximum atomic E-state index is 12.4. The van der Waals surface area contributed by atoms with Crippen molar-refractivity contribution >= 4 is 33.7 Å². The monoisotopic (exact) mass is 396 g/mol. The number of carbonyl (C=O) groups excluding carboxylic acids is 2. The summed E-state index contributed by atoms with van der Waals surface area (Å²) in [7, 11) is 0. The lowest BCUT2D eigenvalue weighted by molar-refractivity contribution is -0.147. The highest BCUT2D eigenvalue weighted by Crippen LogP contribution is 2.30. The average molecular weight is 397 g/mol. The molecular weight excluding hydrogens is 376 g/mol. The van der Waals surface area contributed by atoms with Crippen LogP contribution in [-0.4, -0.2) is 28.4 Å². The molecule has 6 nitrogen and oxygen atoms in total. The molecule has 0 heterocycles. The van der Waals surface area contributed by atoms with E-state index >= 15 is 0 Å². The number of aliphatic carboxylic acids is 1. The molecule has 1 atom stereocenters. The zero-order valence-corrected chi connectivity index (χ0v) is 15.1. The minimum atomic E-state index is -1.17. The summed E-state index contributed by atoms with van der Waals surface area (Å²) in [4.78, 5) is 35.4. The number of benzene rings is 1. The third-order valence-electron chi connectivity index (χ3n) is 4.28. The van der Waals surface area contributed by atoms with E-state index in [0.29, 0.717) is 12.8 Å². The normalized spacial score (nSPS) is 17.1. The Hall–Kier alpha value is -1.89. The van der Waals surface area contributed by atoms with E-state index in [1.54, 1.807) is 0 Å². The predicted molar refractivity (Wildman–Crippen MR) is 92.3 cm³/mol. The first kappa shape index (κ1) is 18.4. The fourth-order valence-electron chi connectivity index (χ4n) is 3.07. The van der Waals surface area contributed by atoms with E-state index < -0.39 is 17.6 Å². The molecule has 1 aliphatic rings. The Morgan fingerprint density at radius 1 is 1.21 bits per heavy atom. The van der Waals surface area contributed by atoms with Crippen LogP contribution in [0.2, 0.25) is 0 Å². The summed E-state index contributed by atoms with van der Waals surface area (Å²) in [6, 6.07) is 6.80. The Bertz CT molecular complexity index is 624. The van der Waals surface area contributed by atoms with Gasteiger partial charge in [-0.1, -0.05) is 40.9 Å². The van der Waals surface area contributed by atoms with Crippen LogP contribution in [0.4, 0.5) is 0 Å². The number of carboxylic acids is 1. The fourth-order valence-corrected chi connectivity index (χ4v) is 3.33. The molecule has 0 bridgehead atoms. The van der Waals surface area contributed by atoms with E-state index in [2.05, 4.69) is 26.6 Å². The first-order valence-electron chi connectivity index (χ1n) is 7.89. The van der Waals surface area contributed by atoms with E-state index in [1.165, 1.54) is 6.92 Å². The van der Waals surface area contributed by atoms with Crippen LogP contribution in [0.5, 0.6) is 0 Å². The molecule has 1 aromatic rings. The van der Waals surface area contributed by atoms with Crippen LogP contribution in [0.1, 0.15) is 50.6 Å². The Kier molecular flexibility index (Phi) is 5.99. The van der Waals surface area contributed by atoms with Crippen LogP contribution < -0.4 is 10.6 Å². The summed E-state index contributed by atoms with van der Waals surface area (Å²) in [5.41, 5.74) is -0.378. The molecule has 0 aromatic heterocycles. The van der Waals surface area contributed by atoms with Gasteiger partial charge in [-0.2, -0.15) is 0 Å². The summed E-state index contributed by atoms with van der Waals surface area (Å²) >= 11 is 3.35. The van der Waals surface area contributed by atoms with Crippen molar-refractivity contribution in [3.8, 4) is 0 Å². The molecule has 0 aliphatic heterocycles. The van der Waals surface area contributed by atoms with Crippen molar-refractivity contribution in [2.45, 2.75) is 50.6 Å². The molecule has 24 heavy (non-hydrogen) atoms. The number of rotatable bonds is 6. The van der Waals surface area contributed by atoms with Gasteiger partial charge in [0.2, 0.25) is 11.8 Å². The van der Waals surface area contributed by atoms with Crippen molar-refractivity contribution in [1.82, 2.24) is 10.6 Å². The molecule has 1 saturated carbocycles. The van der Waals surface area contributed by atoms with Crippen LogP contribution in [0, 0.1) is 0 Å². The Morgan fingerprint density at radius 3 is 2.29 bits per heavy atom. The lowest BCUT2D eigenvalue weighted by Gasteiger charge is -2.27. The van der Waals surface area contributed by atoms with Crippen molar-refractivity contribution in [2.24, 2.45) is 0 Å². The molecule has 0 radical (unpaired) electrons. The summed E-state index contributed by atoms with van der Waals surface area (Å²) in [5.74, 6) is -1.61. The van der Waals surface area contributed by atoms with Gasteiger partial charge in [-0.05, 0) is 30.5 Å². The number of nitrogens with one attached hydrogen (secondary N) is 2. The number of halogens is 1. The lowest BCUT2D eigenvalue weighted by atomic mass is 9.96. The second kappa shape index (κ2) is 7.79. The Labute approximate surface area is 149 Å². The Morgan fingerprint density at radius 2 is 1.79 bits per heavy atom. The predicted octanol–water partition coefficient (Wildman–Crippen LogP) is 2.53. The van der Waals surface area contributed by atoms with Crippen molar-refractivity contribution in [1.29, 1.82) is 0 Å². The molecule has 1 aliphatic carbocycles. The minimum absolute atomic E-state index is 0.00373. The van der Waals surface area contributed by atoms with Gasteiger partial charge in [-0.15, -0.1) is 0 Å². The smallest absolute Gasteiger partial charge is 0.329 e. The number of amides is 2. The van der Waals surface area contributed by atoms with Gasteiger partial charge in [-0.25, -0.2) is 4.79 Å². The zero-order chi connectivity index (χ0) is 17.7. The molecule has 7 heteroatoms. The molecule has 1 aromatic carbocycles.